The fourth-order valence-electron chi connectivity index (χ4n) is 8.85. The summed E-state index contributed by atoms with van der Waals surface area (Å²) in [6.07, 6.45) is 19.3. The molecule has 0 nitrogen and oxygen atoms in total. The highest BCUT2D eigenvalue weighted by Crippen LogP contribution is 2.63. The Morgan fingerprint density at radius 1 is 0.538 bits per heavy atom. The molecule has 0 amide bonds. The number of hydrogen-bond donors (Lipinski definition) is 0. The van der Waals surface area contributed by atoms with E-state index in [1.54, 1.807) is 11.1 Å². The molecule has 0 aliphatic heterocycles. The molecule has 1 heteroatoms. The molecule has 0 N–H and O–H groups in total. The zero-order valence-corrected chi connectivity index (χ0v) is 25.1. The van der Waals surface area contributed by atoms with Crippen LogP contribution in [0, 0.1) is 5.92 Å². The highest BCUT2D eigenvalue weighted by atomic mass is 31.1. The Kier molecular flexibility index (Phi) is 9.21. The predicted octanol–water partition coefficient (Wildman–Crippen LogP) is 11.3. The Hall–Kier alpha value is -1.91. The summed E-state index contributed by atoms with van der Waals surface area (Å²) < 4.78 is 0. The molecular weight excluding hydrogens is 487 g/mol. The molecule has 0 saturated heterocycles. The second-order valence-electron chi connectivity index (χ2n) is 12.9. The van der Waals surface area contributed by atoms with Gasteiger partial charge in [-0.05, 0) is 89.6 Å². The van der Waals surface area contributed by atoms with Crippen LogP contribution in [0.1, 0.15) is 124 Å². The lowest BCUT2D eigenvalue weighted by molar-refractivity contribution is 0.444. The van der Waals surface area contributed by atoms with E-state index in [2.05, 4.69) is 91.9 Å². The zero-order chi connectivity index (χ0) is 26.4. The molecule has 206 valence electrons. The lowest BCUT2D eigenvalue weighted by Crippen LogP contribution is -2.30. The zero-order valence-electron chi connectivity index (χ0n) is 24.2. The fourth-order valence-corrected chi connectivity index (χ4v) is 13.5. The molecule has 3 aliphatic rings. The summed E-state index contributed by atoms with van der Waals surface area (Å²) in [5.74, 6) is 1.87. The van der Waals surface area contributed by atoms with Gasteiger partial charge in [-0.15, -0.1) is 0 Å². The van der Waals surface area contributed by atoms with Gasteiger partial charge in [-0.25, -0.2) is 0 Å². The quantitative estimate of drug-likeness (QED) is 0.198. The Bertz CT molecular complexity index is 1080. The van der Waals surface area contributed by atoms with Gasteiger partial charge in [0, 0.05) is 5.92 Å². The summed E-state index contributed by atoms with van der Waals surface area (Å²) in [7, 11) is 0.101. The van der Waals surface area contributed by atoms with E-state index in [0.717, 1.165) is 22.9 Å². The lowest BCUT2D eigenvalue weighted by Gasteiger charge is -2.45. The molecule has 0 radical (unpaired) electrons. The van der Waals surface area contributed by atoms with E-state index in [1.165, 1.54) is 94.6 Å². The Morgan fingerprint density at radius 3 is 1.62 bits per heavy atom. The van der Waals surface area contributed by atoms with Gasteiger partial charge >= 0.3 is 0 Å². The lowest BCUT2D eigenvalue weighted by atomic mass is 9.77. The highest BCUT2D eigenvalue weighted by molar-refractivity contribution is 7.59. The van der Waals surface area contributed by atoms with E-state index in [-0.39, 0.29) is 7.92 Å². The second-order valence-corrected chi connectivity index (χ2v) is 16.0. The van der Waals surface area contributed by atoms with Crippen LogP contribution in [0.3, 0.4) is 0 Å². The van der Waals surface area contributed by atoms with Crippen molar-refractivity contribution in [2.45, 2.75) is 119 Å². The van der Waals surface area contributed by atoms with Gasteiger partial charge in [0.05, 0.1) is 0 Å². The minimum Gasteiger partial charge on any atom is -0.0971 e. The van der Waals surface area contributed by atoms with Crippen molar-refractivity contribution in [2.24, 2.45) is 5.92 Å². The normalized spacial score (nSPS) is 23.9. The monoisotopic (exact) mass is 536 g/mol. The van der Waals surface area contributed by atoms with Gasteiger partial charge in [-0.1, -0.05) is 145 Å². The van der Waals surface area contributed by atoms with Crippen LogP contribution in [0.4, 0.5) is 0 Å². The summed E-state index contributed by atoms with van der Waals surface area (Å²) in [4.78, 5) is 0. The van der Waals surface area contributed by atoms with Crippen molar-refractivity contribution in [3.63, 3.8) is 0 Å². The van der Waals surface area contributed by atoms with Gasteiger partial charge in [0.1, 0.15) is 0 Å². The van der Waals surface area contributed by atoms with Crippen LogP contribution >= 0.6 is 7.92 Å². The molecule has 0 bridgehead atoms. The third-order valence-corrected chi connectivity index (χ3v) is 14.7. The van der Waals surface area contributed by atoms with Crippen LogP contribution < -0.4 is 0 Å². The van der Waals surface area contributed by atoms with Crippen molar-refractivity contribution in [3.05, 3.63) is 107 Å². The van der Waals surface area contributed by atoms with E-state index < -0.39 is 0 Å². The largest absolute Gasteiger partial charge is 0.0971 e. The van der Waals surface area contributed by atoms with E-state index in [4.69, 9.17) is 0 Å². The highest BCUT2D eigenvalue weighted by Gasteiger charge is 2.42. The van der Waals surface area contributed by atoms with Gasteiger partial charge < -0.3 is 0 Å². The average Bonchev–Trinajstić information content (AvgIpc) is 3.50. The third kappa shape index (κ3) is 6.07. The van der Waals surface area contributed by atoms with Crippen LogP contribution in [0.5, 0.6) is 0 Å². The van der Waals surface area contributed by atoms with Crippen molar-refractivity contribution in [1.29, 1.82) is 0 Å². The molecule has 0 heterocycles. The van der Waals surface area contributed by atoms with Gasteiger partial charge in [0.2, 0.25) is 0 Å². The van der Waals surface area contributed by atoms with Crippen molar-refractivity contribution in [3.8, 4) is 0 Å². The maximum absolute atomic E-state index is 2.74. The summed E-state index contributed by atoms with van der Waals surface area (Å²) in [5, 5.41) is 0. The van der Waals surface area contributed by atoms with Gasteiger partial charge in [0.15, 0.2) is 0 Å². The Morgan fingerprint density at radius 2 is 1.05 bits per heavy atom. The number of benzene rings is 3. The summed E-state index contributed by atoms with van der Waals surface area (Å²) in [5.41, 5.74) is 9.05. The standard InChI is InChI=1S/C38H49P/c1-29(39(32-21-10-4-11-22-32)33-23-12-5-13-24-33)34-27-16-28-35(34)36-25-14-15-26-37(36)38(30-17-6-2-7-18-30)31-19-8-3-9-20-31/h2-3,6-9,14-15,17-20,25-26,29,32-35,38H,4-5,10-13,16,21-24,27-28H2,1H3/t29-,34?,35?/m1/s1. The van der Waals surface area contributed by atoms with E-state index >= 15 is 0 Å². The number of rotatable bonds is 8. The molecule has 0 spiro atoms. The van der Waals surface area contributed by atoms with Crippen molar-refractivity contribution >= 4 is 7.92 Å². The van der Waals surface area contributed by atoms with Gasteiger partial charge in [-0.3, -0.25) is 0 Å². The molecule has 0 aromatic heterocycles. The average molecular weight is 537 g/mol. The first-order chi connectivity index (χ1) is 19.3. The minimum atomic E-state index is 0.101. The predicted molar refractivity (Wildman–Crippen MR) is 170 cm³/mol. The minimum absolute atomic E-state index is 0.101. The first-order valence-corrected chi connectivity index (χ1v) is 17.8. The van der Waals surface area contributed by atoms with E-state index in [0.29, 0.717) is 11.8 Å². The van der Waals surface area contributed by atoms with E-state index in [1.807, 2.05) is 0 Å². The second kappa shape index (κ2) is 13.2. The van der Waals surface area contributed by atoms with Crippen LogP contribution in [0.15, 0.2) is 84.9 Å². The van der Waals surface area contributed by atoms with E-state index in [9.17, 15) is 0 Å². The maximum Gasteiger partial charge on any atom is 0.0342 e. The van der Waals surface area contributed by atoms with Gasteiger partial charge in [0.25, 0.3) is 0 Å². The molecule has 3 saturated carbocycles. The molecule has 39 heavy (non-hydrogen) atoms. The van der Waals surface area contributed by atoms with Crippen LogP contribution in [0.25, 0.3) is 0 Å². The van der Waals surface area contributed by atoms with Crippen molar-refractivity contribution in [1.82, 2.24) is 0 Å². The molecule has 6 rings (SSSR count). The van der Waals surface area contributed by atoms with Crippen LogP contribution in [0.2, 0.25) is 0 Å². The van der Waals surface area contributed by atoms with Crippen molar-refractivity contribution < 1.29 is 0 Å². The topological polar surface area (TPSA) is 0 Å². The van der Waals surface area contributed by atoms with Crippen molar-refractivity contribution in [2.75, 3.05) is 0 Å². The maximum atomic E-state index is 2.74. The molecule has 3 aromatic carbocycles. The van der Waals surface area contributed by atoms with Crippen LogP contribution in [-0.4, -0.2) is 17.0 Å². The first kappa shape index (κ1) is 27.3. The fraction of sp³-hybridized carbons (Fsp3) is 0.526. The number of hydrogen-bond acceptors (Lipinski definition) is 0. The summed E-state index contributed by atoms with van der Waals surface area (Å²) in [6.45, 7) is 2.74. The first-order valence-electron chi connectivity index (χ1n) is 16.3. The molecule has 3 atom stereocenters. The Balaban J connectivity index is 1.36. The molecule has 3 aromatic rings. The molecule has 3 aliphatic carbocycles. The van der Waals surface area contributed by atoms with Crippen LogP contribution in [-0.2, 0) is 0 Å². The third-order valence-electron chi connectivity index (χ3n) is 10.6. The van der Waals surface area contributed by atoms with Gasteiger partial charge in [-0.2, -0.15) is 0 Å². The summed E-state index contributed by atoms with van der Waals surface area (Å²) in [6, 6.07) is 32.2. The molecule has 2 unspecified atom stereocenters. The smallest absolute Gasteiger partial charge is 0.0342 e. The SMILES string of the molecule is C[C@H](C1CCCC1c1ccccc1C(c1ccccc1)c1ccccc1)P(C1CCCCC1)C1CCCCC1. The molecule has 3 fully saturated rings. The Labute approximate surface area is 239 Å². The summed E-state index contributed by atoms with van der Waals surface area (Å²) >= 11 is 0. The molecular formula is C38H49P.